The monoisotopic (exact) mass is 404 g/mol. The fourth-order valence-electron chi connectivity index (χ4n) is 2.61. The van der Waals surface area contributed by atoms with Gasteiger partial charge in [0.25, 0.3) is 10.1 Å². The van der Waals surface area contributed by atoms with Crippen molar-refractivity contribution in [1.82, 2.24) is 9.88 Å². The van der Waals surface area contributed by atoms with Gasteiger partial charge in [-0.3, -0.25) is 4.18 Å². The number of thiazole rings is 1. The molecule has 0 radical (unpaired) electrons. The number of amides is 1. The third-order valence-electron chi connectivity index (χ3n) is 4.33. The summed E-state index contributed by atoms with van der Waals surface area (Å²) in [5, 5.41) is 2.79. The topological polar surface area (TPSA) is 85.8 Å². The fraction of sp³-hybridized carbons (Fsp3) is 0.765. The summed E-state index contributed by atoms with van der Waals surface area (Å²) < 4.78 is 33.3. The Morgan fingerprint density at radius 2 is 1.96 bits per heavy atom. The zero-order valence-electron chi connectivity index (χ0n) is 16.1. The molecule has 1 aliphatic rings. The Kier molecular flexibility index (Phi) is 6.35. The van der Waals surface area contributed by atoms with Crippen LogP contribution in [-0.4, -0.2) is 48.8 Å². The molecule has 7 nitrogen and oxygen atoms in total. The summed E-state index contributed by atoms with van der Waals surface area (Å²) in [6.07, 6.45) is 1.29. The van der Waals surface area contributed by atoms with Gasteiger partial charge in [0.05, 0.1) is 16.5 Å². The number of nitrogens with zero attached hydrogens (tertiary/aromatic N) is 2. The first-order chi connectivity index (χ1) is 11.9. The van der Waals surface area contributed by atoms with Crippen molar-refractivity contribution in [2.45, 2.75) is 65.1 Å². The van der Waals surface area contributed by atoms with Gasteiger partial charge < -0.3 is 9.64 Å². The maximum atomic E-state index is 12.2. The van der Waals surface area contributed by atoms with E-state index in [1.54, 1.807) is 11.8 Å². The van der Waals surface area contributed by atoms with Gasteiger partial charge in [-0.1, -0.05) is 6.92 Å². The first-order valence-corrected chi connectivity index (χ1v) is 11.2. The van der Waals surface area contributed by atoms with Crippen LogP contribution >= 0.6 is 11.3 Å². The largest absolute Gasteiger partial charge is 0.444 e. The van der Waals surface area contributed by atoms with Crippen LogP contribution < -0.4 is 0 Å². The van der Waals surface area contributed by atoms with E-state index in [1.807, 2.05) is 26.2 Å². The van der Waals surface area contributed by atoms with Crippen molar-refractivity contribution in [1.29, 1.82) is 0 Å². The molecule has 9 heteroatoms. The lowest BCUT2D eigenvalue weighted by atomic mass is 9.81. The minimum atomic E-state index is -3.47. The van der Waals surface area contributed by atoms with Gasteiger partial charge in [0.1, 0.15) is 12.2 Å². The van der Waals surface area contributed by atoms with Crippen LogP contribution in [0, 0.1) is 0 Å². The van der Waals surface area contributed by atoms with Gasteiger partial charge in [0.15, 0.2) is 0 Å². The number of carbonyl (C=O) groups excluding carboxylic acids is 1. The summed E-state index contributed by atoms with van der Waals surface area (Å²) >= 11 is 1.51. The quantitative estimate of drug-likeness (QED) is 0.700. The smallest absolute Gasteiger partial charge is 0.410 e. The molecule has 1 saturated heterocycles. The number of carbonyl (C=O) groups is 1. The Morgan fingerprint density at radius 1 is 1.35 bits per heavy atom. The lowest BCUT2D eigenvalue weighted by Crippen LogP contribution is -2.45. The molecule has 1 fully saturated rings. The number of hydrogen-bond donors (Lipinski definition) is 0. The molecule has 2 rings (SSSR count). The number of likely N-dealkylation sites (tertiary alicyclic amines) is 1. The number of rotatable bonds is 5. The van der Waals surface area contributed by atoms with Gasteiger partial charge in [0, 0.05) is 23.9 Å². The molecule has 0 aliphatic carbocycles. The SMILES string of the molecule is CCS(=O)(=O)OCc1csc(C2(C)CCN(C(=O)OC(C)(C)C)CC2)n1. The molecule has 2 heterocycles. The molecule has 0 saturated carbocycles. The van der Waals surface area contributed by atoms with E-state index in [9.17, 15) is 13.2 Å². The summed E-state index contributed by atoms with van der Waals surface area (Å²) in [5.41, 5.74) is -0.0100. The van der Waals surface area contributed by atoms with Crippen molar-refractivity contribution >= 4 is 27.5 Å². The highest BCUT2D eigenvalue weighted by atomic mass is 32.2. The van der Waals surface area contributed by atoms with Gasteiger partial charge >= 0.3 is 6.09 Å². The van der Waals surface area contributed by atoms with Crippen LogP contribution in [-0.2, 0) is 31.1 Å². The minimum absolute atomic E-state index is 0.0349. The van der Waals surface area contributed by atoms with Crippen molar-refractivity contribution in [3.63, 3.8) is 0 Å². The van der Waals surface area contributed by atoms with Crippen LogP contribution in [0.15, 0.2) is 5.38 Å². The Balaban J connectivity index is 1.95. The molecule has 1 aromatic rings. The lowest BCUT2D eigenvalue weighted by Gasteiger charge is -2.38. The van der Waals surface area contributed by atoms with E-state index in [4.69, 9.17) is 8.92 Å². The van der Waals surface area contributed by atoms with E-state index in [0.717, 1.165) is 17.8 Å². The van der Waals surface area contributed by atoms with E-state index in [0.29, 0.717) is 18.8 Å². The Morgan fingerprint density at radius 3 is 2.50 bits per heavy atom. The predicted molar refractivity (Wildman–Crippen MR) is 101 cm³/mol. The molecule has 0 spiro atoms. The van der Waals surface area contributed by atoms with Crippen LogP contribution in [0.2, 0.25) is 0 Å². The van der Waals surface area contributed by atoms with Gasteiger partial charge in [-0.05, 0) is 40.5 Å². The third-order valence-corrected chi connectivity index (χ3v) is 6.71. The highest BCUT2D eigenvalue weighted by molar-refractivity contribution is 7.86. The number of ether oxygens (including phenoxy) is 1. The van der Waals surface area contributed by atoms with E-state index in [-0.39, 0.29) is 23.9 Å². The second-order valence-corrected chi connectivity index (χ2v) is 10.6. The van der Waals surface area contributed by atoms with E-state index in [1.165, 1.54) is 11.3 Å². The van der Waals surface area contributed by atoms with Crippen molar-refractivity contribution in [2.24, 2.45) is 0 Å². The lowest BCUT2D eigenvalue weighted by molar-refractivity contribution is 0.0171. The molecular weight excluding hydrogens is 376 g/mol. The summed E-state index contributed by atoms with van der Waals surface area (Å²) in [6, 6.07) is 0. The molecule has 0 N–H and O–H groups in total. The predicted octanol–water partition coefficient (Wildman–Crippen LogP) is 3.30. The molecule has 148 valence electrons. The number of piperidine rings is 1. The Labute approximate surface area is 159 Å². The maximum Gasteiger partial charge on any atom is 0.410 e. The van der Waals surface area contributed by atoms with Crippen LogP contribution in [0.25, 0.3) is 0 Å². The summed E-state index contributed by atoms with van der Waals surface area (Å²) in [7, 11) is -3.47. The second-order valence-electron chi connectivity index (χ2n) is 7.78. The molecule has 0 bridgehead atoms. The standard InChI is InChI=1S/C17H28N2O5S2/c1-6-26(21,22)23-11-13-12-25-14(18-13)17(5)7-9-19(10-8-17)15(20)24-16(2,3)4/h12H,6-11H2,1-5H3. The van der Waals surface area contributed by atoms with Crippen molar-refractivity contribution in [3.8, 4) is 0 Å². The van der Waals surface area contributed by atoms with Crippen molar-refractivity contribution < 1.29 is 22.1 Å². The van der Waals surface area contributed by atoms with E-state index >= 15 is 0 Å². The average Bonchev–Trinajstić information content (AvgIpc) is 3.02. The molecule has 0 aromatic carbocycles. The van der Waals surface area contributed by atoms with Crippen LogP contribution in [0.5, 0.6) is 0 Å². The van der Waals surface area contributed by atoms with Crippen molar-refractivity contribution in [2.75, 3.05) is 18.8 Å². The first kappa shape index (κ1) is 21.1. The fourth-order valence-corrected chi connectivity index (χ4v) is 4.10. The van der Waals surface area contributed by atoms with Crippen LogP contribution in [0.3, 0.4) is 0 Å². The Bertz CT molecular complexity index is 729. The number of aromatic nitrogens is 1. The molecular formula is C17H28N2O5S2. The third kappa shape index (κ3) is 5.65. The molecule has 0 unspecified atom stereocenters. The van der Waals surface area contributed by atoms with E-state index in [2.05, 4.69) is 11.9 Å². The normalized spacial score (nSPS) is 18.0. The van der Waals surface area contributed by atoms with Gasteiger partial charge in [0.2, 0.25) is 0 Å². The van der Waals surface area contributed by atoms with Crippen LogP contribution in [0.1, 0.15) is 58.2 Å². The zero-order chi connectivity index (χ0) is 19.6. The summed E-state index contributed by atoms with van der Waals surface area (Å²) in [5.74, 6) is -0.0534. The highest BCUT2D eigenvalue weighted by Crippen LogP contribution is 2.37. The molecule has 1 aliphatic heterocycles. The van der Waals surface area contributed by atoms with Crippen molar-refractivity contribution in [3.05, 3.63) is 16.1 Å². The maximum absolute atomic E-state index is 12.2. The average molecular weight is 405 g/mol. The van der Waals surface area contributed by atoms with Crippen LogP contribution in [0.4, 0.5) is 4.79 Å². The second kappa shape index (κ2) is 7.82. The summed E-state index contributed by atoms with van der Waals surface area (Å²) in [4.78, 5) is 18.5. The molecule has 1 amide bonds. The first-order valence-electron chi connectivity index (χ1n) is 8.74. The minimum Gasteiger partial charge on any atom is -0.444 e. The van der Waals surface area contributed by atoms with E-state index < -0.39 is 15.7 Å². The zero-order valence-corrected chi connectivity index (χ0v) is 17.7. The molecule has 0 atom stereocenters. The molecule has 26 heavy (non-hydrogen) atoms. The highest BCUT2D eigenvalue weighted by Gasteiger charge is 2.37. The van der Waals surface area contributed by atoms with Gasteiger partial charge in [-0.2, -0.15) is 8.42 Å². The van der Waals surface area contributed by atoms with Gasteiger partial charge in [-0.15, -0.1) is 11.3 Å². The number of hydrogen-bond acceptors (Lipinski definition) is 7. The molecule has 1 aromatic heterocycles. The Hall–Kier alpha value is -1.19. The summed E-state index contributed by atoms with van der Waals surface area (Å²) in [6.45, 7) is 10.4. The van der Waals surface area contributed by atoms with Gasteiger partial charge in [-0.25, -0.2) is 9.78 Å².